The number of hydrogen-bond donors (Lipinski definition) is 1. The molecule has 0 aliphatic rings. The molecule has 0 spiro atoms. The van der Waals surface area contributed by atoms with E-state index in [-0.39, 0.29) is 5.41 Å². The molecule has 2 nitrogen and oxygen atoms in total. The number of benzene rings is 1. The molecule has 2 atom stereocenters. The van der Waals surface area contributed by atoms with Gasteiger partial charge in [-0.15, -0.1) is 0 Å². The Hall–Kier alpha value is -0.860. The van der Waals surface area contributed by atoms with Crippen LogP contribution < -0.4 is 5.32 Å². The standard InChI is InChI=1S/C17H29NO/c1-6-19-13-15(3)18-14(2)12-17(4,5)16-10-8-7-9-11-16/h7-11,14-15,18H,6,12-13H2,1-5H3. The highest BCUT2D eigenvalue weighted by Gasteiger charge is 2.23. The Morgan fingerprint density at radius 3 is 2.32 bits per heavy atom. The van der Waals surface area contributed by atoms with Crippen molar-refractivity contribution in [2.45, 2.75) is 58.5 Å². The lowest BCUT2D eigenvalue weighted by atomic mass is 9.79. The highest BCUT2D eigenvalue weighted by molar-refractivity contribution is 5.23. The number of hydrogen-bond acceptors (Lipinski definition) is 2. The molecule has 19 heavy (non-hydrogen) atoms. The van der Waals surface area contributed by atoms with E-state index in [9.17, 15) is 0 Å². The van der Waals surface area contributed by atoms with Crippen molar-refractivity contribution in [1.29, 1.82) is 0 Å². The Labute approximate surface area is 118 Å². The van der Waals surface area contributed by atoms with Crippen molar-refractivity contribution in [3.63, 3.8) is 0 Å². The van der Waals surface area contributed by atoms with Gasteiger partial charge in [-0.25, -0.2) is 0 Å². The fourth-order valence-electron chi connectivity index (χ4n) is 2.66. The van der Waals surface area contributed by atoms with Crippen molar-refractivity contribution in [3.05, 3.63) is 35.9 Å². The van der Waals surface area contributed by atoms with E-state index in [2.05, 4.69) is 63.3 Å². The molecular formula is C17H29NO. The molecular weight excluding hydrogens is 234 g/mol. The zero-order valence-corrected chi connectivity index (χ0v) is 13.1. The van der Waals surface area contributed by atoms with Crippen molar-refractivity contribution in [1.82, 2.24) is 5.32 Å². The third-order valence-electron chi connectivity index (χ3n) is 3.51. The molecule has 1 rings (SSSR count). The van der Waals surface area contributed by atoms with E-state index in [4.69, 9.17) is 4.74 Å². The second kappa shape index (κ2) is 7.66. The van der Waals surface area contributed by atoms with Crippen LogP contribution >= 0.6 is 0 Å². The summed E-state index contributed by atoms with van der Waals surface area (Å²) in [5.41, 5.74) is 1.60. The molecule has 0 radical (unpaired) electrons. The van der Waals surface area contributed by atoms with Crippen LogP contribution in [0.25, 0.3) is 0 Å². The van der Waals surface area contributed by atoms with Gasteiger partial charge in [0.1, 0.15) is 0 Å². The number of ether oxygens (including phenoxy) is 1. The molecule has 1 aromatic carbocycles. The van der Waals surface area contributed by atoms with Crippen LogP contribution in [0.1, 0.15) is 46.6 Å². The second-order valence-corrected chi connectivity index (χ2v) is 6.08. The van der Waals surface area contributed by atoms with Gasteiger partial charge in [-0.1, -0.05) is 44.2 Å². The molecule has 0 heterocycles. The average molecular weight is 263 g/mol. The van der Waals surface area contributed by atoms with Crippen molar-refractivity contribution < 1.29 is 4.74 Å². The van der Waals surface area contributed by atoms with Crippen LogP contribution in [0.15, 0.2) is 30.3 Å². The fraction of sp³-hybridized carbons (Fsp3) is 0.647. The minimum atomic E-state index is 0.193. The molecule has 0 saturated heterocycles. The zero-order chi connectivity index (χ0) is 14.3. The van der Waals surface area contributed by atoms with Crippen molar-refractivity contribution in [2.24, 2.45) is 0 Å². The van der Waals surface area contributed by atoms with E-state index in [1.165, 1.54) is 5.56 Å². The fourth-order valence-corrected chi connectivity index (χ4v) is 2.66. The summed E-state index contributed by atoms with van der Waals surface area (Å²) in [6.45, 7) is 12.7. The van der Waals surface area contributed by atoms with Gasteiger partial charge in [0.15, 0.2) is 0 Å². The van der Waals surface area contributed by atoms with E-state index in [1.807, 2.05) is 6.92 Å². The number of rotatable bonds is 8. The highest BCUT2D eigenvalue weighted by Crippen LogP contribution is 2.28. The molecule has 0 saturated carbocycles. The maximum atomic E-state index is 5.45. The molecule has 0 aromatic heterocycles. The van der Waals surface area contributed by atoms with Gasteiger partial charge in [0.05, 0.1) is 6.61 Å². The second-order valence-electron chi connectivity index (χ2n) is 6.08. The third-order valence-corrected chi connectivity index (χ3v) is 3.51. The summed E-state index contributed by atoms with van der Waals surface area (Å²) in [6.07, 6.45) is 1.12. The van der Waals surface area contributed by atoms with Crippen LogP contribution in [0, 0.1) is 0 Å². The molecule has 2 unspecified atom stereocenters. The van der Waals surface area contributed by atoms with Gasteiger partial charge < -0.3 is 10.1 Å². The van der Waals surface area contributed by atoms with Gasteiger partial charge in [0.2, 0.25) is 0 Å². The van der Waals surface area contributed by atoms with Crippen LogP contribution in [0.5, 0.6) is 0 Å². The Morgan fingerprint density at radius 2 is 1.74 bits per heavy atom. The van der Waals surface area contributed by atoms with Gasteiger partial charge >= 0.3 is 0 Å². The van der Waals surface area contributed by atoms with E-state index in [0.717, 1.165) is 19.6 Å². The highest BCUT2D eigenvalue weighted by atomic mass is 16.5. The Bertz CT molecular complexity index is 348. The van der Waals surface area contributed by atoms with Gasteiger partial charge in [-0.2, -0.15) is 0 Å². The number of nitrogens with one attached hydrogen (secondary N) is 1. The summed E-state index contributed by atoms with van der Waals surface area (Å²) in [5.74, 6) is 0. The first-order valence-electron chi connectivity index (χ1n) is 7.35. The average Bonchev–Trinajstić information content (AvgIpc) is 2.36. The van der Waals surface area contributed by atoms with Crippen molar-refractivity contribution in [3.8, 4) is 0 Å². The lowest BCUT2D eigenvalue weighted by molar-refractivity contribution is 0.122. The van der Waals surface area contributed by atoms with E-state index < -0.39 is 0 Å². The minimum Gasteiger partial charge on any atom is -0.380 e. The molecule has 0 aliphatic carbocycles. The first-order valence-corrected chi connectivity index (χ1v) is 7.35. The topological polar surface area (TPSA) is 21.3 Å². The predicted molar refractivity (Wildman–Crippen MR) is 82.6 cm³/mol. The van der Waals surface area contributed by atoms with E-state index in [1.54, 1.807) is 0 Å². The van der Waals surface area contributed by atoms with Crippen molar-refractivity contribution in [2.75, 3.05) is 13.2 Å². The van der Waals surface area contributed by atoms with Gasteiger partial charge in [-0.05, 0) is 38.2 Å². The van der Waals surface area contributed by atoms with Crippen LogP contribution in [-0.4, -0.2) is 25.3 Å². The van der Waals surface area contributed by atoms with Gasteiger partial charge in [0.25, 0.3) is 0 Å². The van der Waals surface area contributed by atoms with Gasteiger partial charge in [0, 0.05) is 18.7 Å². The first-order chi connectivity index (χ1) is 8.95. The molecule has 1 aromatic rings. The SMILES string of the molecule is CCOCC(C)NC(C)CC(C)(C)c1ccccc1. The quantitative estimate of drug-likeness (QED) is 0.771. The summed E-state index contributed by atoms with van der Waals surface area (Å²) >= 11 is 0. The van der Waals surface area contributed by atoms with Crippen LogP contribution in [0.4, 0.5) is 0 Å². The summed E-state index contributed by atoms with van der Waals surface area (Å²) in [7, 11) is 0. The normalized spacial score (nSPS) is 15.2. The molecule has 0 bridgehead atoms. The van der Waals surface area contributed by atoms with E-state index >= 15 is 0 Å². The minimum absolute atomic E-state index is 0.193. The monoisotopic (exact) mass is 263 g/mol. The lowest BCUT2D eigenvalue weighted by Gasteiger charge is -2.30. The lowest BCUT2D eigenvalue weighted by Crippen LogP contribution is -2.40. The Morgan fingerprint density at radius 1 is 1.11 bits per heavy atom. The molecule has 1 N–H and O–H groups in total. The molecule has 0 aliphatic heterocycles. The summed E-state index contributed by atoms with van der Waals surface area (Å²) < 4.78 is 5.45. The van der Waals surface area contributed by atoms with Crippen LogP contribution in [0.3, 0.4) is 0 Å². The molecule has 108 valence electrons. The van der Waals surface area contributed by atoms with Crippen LogP contribution in [0.2, 0.25) is 0 Å². The Kier molecular flexibility index (Phi) is 6.53. The maximum Gasteiger partial charge on any atom is 0.0616 e. The van der Waals surface area contributed by atoms with Crippen molar-refractivity contribution >= 4 is 0 Å². The summed E-state index contributed by atoms with van der Waals surface area (Å²) in [5, 5.41) is 3.62. The first kappa shape index (κ1) is 16.2. The van der Waals surface area contributed by atoms with Crippen LogP contribution in [-0.2, 0) is 10.2 Å². The third kappa shape index (κ3) is 5.75. The maximum absolute atomic E-state index is 5.45. The van der Waals surface area contributed by atoms with E-state index in [0.29, 0.717) is 12.1 Å². The molecule has 0 amide bonds. The zero-order valence-electron chi connectivity index (χ0n) is 13.1. The smallest absolute Gasteiger partial charge is 0.0616 e. The van der Waals surface area contributed by atoms with Gasteiger partial charge in [-0.3, -0.25) is 0 Å². The predicted octanol–water partition coefficient (Wildman–Crippen LogP) is 3.76. The summed E-state index contributed by atoms with van der Waals surface area (Å²) in [6, 6.07) is 11.6. The Balaban J connectivity index is 2.49. The largest absolute Gasteiger partial charge is 0.380 e. The molecule has 2 heteroatoms. The molecule has 0 fully saturated rings. The summed E-state index contributed by atoms with van der Waals surface area (Å²) in [4.78, 5) is 0.